The van der Waals surface area contributed by atoms with Gasteiger partial charge in [0, 0.05) is 51.1 Å². The number of aliphatic carboxylic acids is 2. The normalized spacial score (nSPS) is 28.2. The van der Waals surface area contributed by atoms with Gasteiger partial charge in [-0.1, -0.05) is 6.07 Å². The smallest absolute Gasteiger partial charge is 0.328 e. The summed E-state index contributed by atoms with van der Waals surface area (Å²) in [6, 6.07) is 5.89. The molecule has 5 rings (SSSR count). The Morgan fingerprint density at radius 3 is 2.06 bits per heavy atom. The standard InChI is InChI=1S/C20H26N4O4.C4H4O4/c25-13(11-22-7-9-23(10-8-22)16-3-1-2-6-21-16)12-24-19(26)17-14-4-5-15(28-14)18(17)20(24)27;5-3(6)1-2-4(7)8/h1-3,6,13-15,17-18,25H,4-5,7-12H2;1-2H,(H,5,6)(H,7,8)/b;2-1-/t13?,14-,15?,17+,18?;/m1./s1. The number of fused-ring (bicyclic) bond motifs is 5. The number of amides is 2. The number of ether oxygens (including phenoxy) is 1. The summed E-state index contributed by atoms with van der Waals surface area (Å²) in [7, 11) is 0. The van der Waals surface area contributed by atoms with Crippen molar-refractivity contribution in [3.63, 3.8) is 0 Å². The van der Waals surface area contributed by atoms with E-state index in [9.17, 15) is 24.3 Å². The maximum atomic E-state index is 12.7. The van der Waals surface area contributed by atoms with E-state index in [-0.39, 0.29) is 42.4 Å². The van der Waals surface area contributed by atoms with Crippen LogP contribution in [0.2, 0.25) is 0 Å². The van der Waals surface area contributed by atoms with Crippen molar-refractivity contribution < 1.29 is 39.2 Å². The van der Waals surface area contributed by atoms with Gasteiger partial charge in [-0.25, -0.2) is 14.6 Å². The van der Waals surface area contributed by atoms with E-state index in [1.807, 2.05) is 18.2 Å². The van der Waals surface area contributed by atoms with Crippen molar-refractivity contribution in [1.29, 1.82) is 0 Å². The van der Waals surface area contributed by atoms with Crippen LogP contribution in [-0.4, -0.2) is 111 Å². The molecule has 0 spiro atoms. The van der Waals surface area contributed by atoms with Gasteiger partial charge in [0.15, 0.2) is 0 Å². The number of carbonyl (C=O) groups is 4. The maximum Gasteiger partial charge on any atom is 0.328 e. The van der Waals surface area contributed by atoms with Crippen LogP contribution in [0.25, 0.3) is 0 Å². The van der Waals surface area contributed by atoms with E-state index in [2.05, 4.69) is 14.8 Å². The highest BCUT2D eigenvalue weighted by Crippen LogP contribution is 2.48. The first-order valence-corrected chi connectivity index (χ1v) is 12.0. The Morgan fingerprint density at radius 2 is 1.56 bits per heavy atom. The predicted octanol–water partition coefficient (Wildman–Crippen LogP) is -0.561. The summed E-state index contributed by atoms with van der Waals surface area (Å²) in [4.78, 5) is 54.6. The molecule has 5 atom stereocenters. The summed E-state index contributed by atoms with van der Waals surface area (Å²) in [5.41, 5.74) is 0. The molecule has 3 unspecified atom stereocenters. The highest BCUT2D eigenvalue weighted by atomic mass is 16.5. The average molecular weight is 503 g/mol. The maximum absolute atomic E-state index is 12.7. The number of hydrogen-bond acceptors (Lipinski definition) is 9. The summed E-state index contributed by atoms with van der Waals surface area (Å²) >= 11 is 0. The van der Waals surface area contributed by atoms with E-state index < -0.39 is 18.0 Å². The van der Waals surface area contributed by atoms with Crippen LogP contribution in [0, 0.1) is 11.8 Å². The SMILES string of the molecule is O=C(O)/C=C\C(=O)O.O=C1C2C3CC[C@@H](O3)[C@@H]2C(=O)N1CC(O)CN1CCN(c2ccccn2)CC1. The Morgan fingerprint density at radius 1 is 0.972 bits per heavy atom. The van der Waals surface area contributed by atoms with Crippen LogP contribution < -0.4 is 4.90 Å². The lowest BCUT2D eigenvalue weighted by atomic mass is 9.81. The molecule has 4 fully saturated rings. The van der Waals surface area contributed by atoms with Crippen molar-refractivity contribution >= 4 is 29.6 Å². The zero-order valence-corrected chi connectivity index (χ0v) is 19.7. The lowest BCUT2D eigenvalue weighted by Crippen LogP contribution is -2.51. The van der Waals surface area contributed by atoms with E-state index in [1.165, 1.54) is 4.90 Å². The van der Waals surface area contributed by atoms with Gasteiger partial charge in [0.2, 0.25) is 11.8 Å². The number of β-amino-alcohol motifs (C(OH)–C–C–N with tert-alkyl or cyclic N) is 1. The lowest BCUT2D eigenvalue weighted by molar-refractivity contribution is -0.144. The fourth-order valence-electron chi connectivity index (χ4n) is 5.36. The zero-order valence-electron chi connectivity index (χ0n) is 19.7. The predicted molar refractivity (Wildman–Crippen MR) is 125 cm³/mol. The molecule has 5 heterocycles. The lowest BCUT2D eigenvalue weighted by Gasteiger charge is -2.36. The number of carbonyl (C=O) groups excluding carboxylic acids is 2. The number of carboxylic acids is 2. The molecule has 1 aromatic heterocycles. The molecule has 194 valence electrons. The molecule has 12 nitrogen and oxygen atoms in total. The number of anilines is 1. The molecular weight excluding hydrogens is 472 g/mol. The van der Waals surface area contributed by atoms with Crippen LogP contribution in [-0.2, 0) is 23.9 Å². The Balaban J connectivity index is 0.000000331. The van der Waals surface area contributed by atoms with Crippen LogP contribution in [0.4, 0.5) is 5.82 Å². The topological polar surface area (TPSA) is 161 Å². The minimum absolute atomic E-state index is 0.0879. The molecule has 4 saturated heterocycles. The first kappa shape index (κ1) is 25.7. The van der Waals surface area contributed by atoms with Crippen LogP contribution in [0.15, 0.2) is 36.5 Å². The number of rotatable bonds is 7. The van der Waals surface area contributed by atoms with Gasteiger partial charge < -0.3 is 25.0 Å². The monoisotopic (exact) mass is 502 g/mol. The molecule has 12 heteroatoms. The van der Waals surface area contributed by atoms with Crippen LogP contribution >= 0.6 is 0 Å². The molecule has 2 bridgehead atoms. The largest absolute Gasteiger partial charge is 0.478 e. The zero-order chi connectivity index (χ0) is 25.8. The third-order valence-corrected chi connectivity index (χ3v) is 6.95. The number of imide groups is 1. The number of carboxylic acid groups (broad SMARTS) is 2. The van der Waals surface area contributed by atoms with Crippen molar-refractivity contribution in [1.82, 2.24) is 14.8 Å². The number of aromatic nitrogens is 1. The van der Waals surface area contributed by atoms with E-state index >= 15 is 0 Å². The van der Waals surface area contributed by atoms with E-state index in [0.29, 0.717) is 18.7 Å². The summed E-state index contributed by atoms with van der Waals surface area (Å²) in [6.45, 7) is 3.88. The van der Waals surface area contributed by atoms with Crippen LogP contribution in [0.5, 0.6) is 0 Å². The molecule has 36 heavy (non-hydrogen) atoms. The molecule has 4 aliphatic rings. The number of aliphatic hydroxyl groups is 1. The van der Waals surface area contributed by atoms with Gasteiger partial charge in [-0.3, -0.25) is 19.4 Å². The molecular formula is C24H30N4O8. The van der Waals surface area contributed by atoms with Gasteiger partial charge in [-0.15, -0.1) is 0 Å². The van der Waals surface area contributed by atoms with Gasteiger partial charge in [0.25, 0.3) is 0 Å². The van der Waals surface area contributed by atoms with Crippen molar-refractivity contribution in [3.05, 3.63) is 36.5 Å². The van der Waals surface area contributed by atoms with E-state index in [4.69, 9.17) is 14.9 Å². The summed E-state index contributed by atoms with van der Waals surface area (Å²) in [6.07, 6.45) is 3.70. The number of pyridine rings is 1. The molecule has 0 aromatic carbocycles. The fraction of sp³-hybridized carbons (Fsp3) is 0.542. The van der Waals surface area contributed by atoms with Crippen molar-refractivity contribution in [3.8, 4) is 0 Å². The molecule has 0 radical (unpaired) electrons. The number of hydrogen-bond donors (Lipinski definition) is 3. The summed E-state index contributed by atoms with van der Waals surface area (Å²) in [5, 5.41) is 26.2. The average Bonchev–Trinajstić information content (AvgIpc) is 3.54. The summed E-state index contributed by atoms with van der Waals surface area (Å²) in [5.74, 6) is -2.48. The molecule has 1 aromatic rings. The van der Waals surface area contributed by atoms with Gasteiger partial charge in [-0.2, -0.15) is 0 Å². The minimum atomic E-state index is -1.26. The first-order chi connectivity index (χ1) is 17.2. The van der Waals surface area contributed by atoms with E-state index in [1.54, 1.807) is 6.20 Å². The Labute approximate surface area is 207 Å². The number of piperazine rings is 1. The number of likely N-dealkylation sites (tertiary alicyclic amines) is 1. The highest BCUT2D eigenvalue weighted by molar-refractivity contribution is 6.06. The quantitative estimate of drug-likeness (QED) is 0.324. The van der Waals surface area contributed by atoms with Crippen LogP contribution in [0.1, 0.15) is 12.8 Å². The fourth-order valence-corrected chi connectivity index (χ4v) is 5.36. The van der Waals surface area contributed by atoms with Gasteiger partial charge >= 0.3 is 11.9 Å². The third-order valence-electron chi connectivity index (χ3n) is 6.95. The first-order valence-electron chi connectivity index (χ1n) is 12.0. The second-order valence-electron chi connectivity index (χ2n) is 9.27. The van der Waals surface area contributed by atoms with E-state index in [0.717, 1.165) is 44.8 Å². The second-order valence-corrected chi connectivity index (χ2v) is 9.27. The van der Waals surface area contributed by atoms with Gasteiger partial charge in [0.1, 0.15) is 5.82 Å². The van der Waals surface area contributed by atoms with Crippen molar-refractivity contribution in [2.24, 2.45) is 11.8 Å². The molecule has 0 aliphatic carbocycles. The highest BCUT2D eigenvalue weighted by Gasteiger charge is 2.62. The van der Waals surface area contributed by atoms with Crippen molar-refractivity contribution in [2.75, 3.05) is 44.2 Å². The Kier molecular flexibility index (Phi) is 7.97. The molecule has 4 aliphatic heterocycles. The number of aliphatic hydroxyl groups excluding tert-OH is 1. The molecule has 2 amide bonds. The minimum Gasteiger partial charge on any atom is -0.478 e. The third kappa shape index (κ3) is 5.72. The molecule has 0 saturated carbocycles. The van der Waals surface area contributed by atoms with Crippen molar-refractivity contribution in [2.45, 2.75) is 31.2 Å². The van der Waals surface area contributed by atoms with Crippen LogP contribution in [0.3, 0.4) is 0 Å². The Hall–Kier alpha value is -3.35. The summed E-state index contributed by atoms with van der Waals surface area (Å²) < 4.78 is 5.75. The van der Waals surface area contributed by atoms with Gasteiger partial charge in [0.05, 0.1) is 36.7 Å². The van der Waals surface area contributed by atoms with Gasteiger partial charge in [-0.05, 0) is 25.0 Å². The number of nitrogens with zero attached hydrogens (tertiary/aromatic N) is 4. The second kappa shape index (κ2) is 11.1. The Bertz CT molecular complexity index is 967. The molecule has 3 N–H and O–H groups in total.